The molecule has 2 saturated carbocycles. The topological polar surface area (TPSA) is 63.6 Å². The Morgan fingerprint density at radius 2 is 1.87 bits per heavy atom. The van der Waals surface area contributed by atoms with E-state index in [2.05, 4.69) is 0 Å². The van der Waals surface area contributed by atoms with E-state index >= 15 is 0 Å². The molecule has 2 fully saturated rings. The van der Waals surface area contributed by atoms with Crippen LogP contribution in [0, 0.1) is 17.3 Å². The van der Waals surface area contributed by atoms with Crippen LogP contribution in [0.25, 0.3) is 0 Å². The molecule has 0 saturated heterocycles. The van der Waals surface area contributed by atoms with E-state index < -0.39 is 17.4 Å². The molecule has 1 N–H and O–H groups in total. The molecule has 2 atom stereocenters. The lowest BCUT2D eigenvalue weighted by atomic mass is 10.0. The van der Waals surface area contributed by atoms with Crippen LogP contribution in [-0.4, -0.2) is 23.7 Å². The van der Waals surface area contributed by atoms with E-state index in [4.69, 9.17) is 4.74 Å². The molecule has 0 radical (unpaired) electrons. The Morgan fingerprint density at radius 3 is 2.27 bits per heavy atom. The number of carboxylic acids is 1. The number of carbonyl (C=O) groups is 2. The van der Waals surface area contributed by atoms with E-state index in [1.54, 1.807) is 6.92 Å². The van der Waals surface area contributed by atoms with Crippen molar-refractivity contribution in [3.8, 4) is 0 Å². The van der Waals surface area contributed by atoms with Crippen molar-refractivity contribution in [1.82, 2.24) is 0 Å². The summed E-state index contributed by atoms with van der Waals surface area (Å²) in [6, 6.07) is 0. The van der Waals surface area contributed by atoms with Gasteiger partial charge < -0.3 is 9.84 Å². The Kier molecular flexibility index (Phi) is 2.44. The maximum atomic E-state index is 11.7. The van der Waals surface area contributed by atoms with Crippen molar-refractivity contribution in [2.75, 3.05) is 6.61 Å². The number of fused-ring (bicyclic) bond motifs is 1. The Hall–Kier alpha value is -1.06. The number of esters is 1. The third-order valence-corrected chi connectivity index (χ3v) is 3.79. The highest BCUT2D eigenvalue weighted by atomic mass is 16.5. The number of aliphatic carboxylic acids is 1. The molecule has 2 aliphatic rings. The molecule has 2 rings (SSSR count). The SMILES string of the molecule is CCOC(=O)C1(C(=O)O)[C@@H]2CCCC[C@H]21. The third kappa shape index (κ3) is 1.27. The van der Waals surface area contributed by atoms with Gasteiger partial charge in [0.25, 0.3) is 0 Å². The Bertz CT molecular complexity index is 285. The molecule has 0 bridgehead atoms. The zero-order chi connectivity index (χ0) is 11.1. The van der Waals surface area contributed by atoms with Gasteiger partial charge in [-0.05, 0) is 31.6 Å². The lowest BCUT2D eigenvalue weighted by Gasteiger charge is -2.10. The van der Waals surface area contributed by atoms with Gasteiger partial charge in [-0.3, -0.25) is 9.59 Å². The van der Waals surface area contributed by atoms with E-state index in [0.717, 1.165) is 25.7 Å². The van der Waals surface area contributed by atoms with Gasteiger partial charge in [-0.25, -0.2) is 0 Å². The van der Waals surface area contributed by atoms with Crippen molar-refractivity contribution in [1.29, 1.82) is 0 Å². The van der Waals surface area contributed by atoms with Crippen LogP contribution >= 0.6 is 0 Å². The number of carboxylic acid groups (broad SMARTS) is 1. The molecule has 4 heteroatoms. The summed E-state index contributed by atoms with van der Waals surface area (Å²) in [6.07, 6.45) is 3.79. The molecule has 0 aliphatic heterocycles. The van der Waals surface area contributed by atoms with Crippen molar-refractivity contribution >= 4 is 11.9 Å². The third-order valence-electron chi connectivity index (χ3n) is 3.79. The molecule has 15 heavy (non-hydrogen) atoms. The monoisotopic (exact) mass is 212 g/mol. The maximum Gasteiger partial charge on any atom is 0.324 e. The average Bonchev–Trinajstić information content (AvgIpc) is 2.88. The van der Waals surface area contributed by atoms with Crippen molar-refractivity contribution in [2.45, 2.75) is 32.6 Å². The molecule has 0 amide bonds. The summed E-state index contributed by atoms with van der Waals surface area (Å²) in [6.45, 7) is 1.97. The fourth-order valence-electron chi connectivity index (χ4n) is 3.08. The number of carbonyl (C=O) groups excluding carboxylic acids is 1. The molecule has 0 heterocycles. The fourth-order valence-corrected chi connectivity index (χ4v) is 3.08. The summed E-state index contributed by atoms with van der Waals surface area (Å²) in [4.78, 5) is 23.0. The molecule has 4 nitrogen and oxygen atoms in total. The average molecular weight is 212 g/mol. The molecular formula is C11H16O4. The predicted molar refractivity (Wildman–Crippen MR) is 52.1 cm³/mol. The molecule has 2 aliphatic carbocycles. The highest BCUT2D eigenvalue weighted by Crippen LogP contribution is 2.66. The number of ether oxygens (including phenoxy) is 1. The van der Waals surface area contributed by atoms with E-state index in [0.29, 0.717) is 0 Å². The molecule has 0 aromatic carbocycles. The predicted octanol–water partition coefficient (Wildman–Crippen LogP) is 1.44. The van der Waals surface area contributed by atoms with Gasteiger partial charge >= 0.3 is 11.9 Å². The summed E-state index contributed by atoms with van der Waals surface area (Å²) in [5, 5.41) is 9.23. The second-order valence-electron chi connectivity index (χ2n) is 4.39. The number of hydrogen-bond donors (Lipinski definition) is 1. The number of hydrogen-bond acceptors (Lipinski definition) is 3. The van der Waals surface area contributed by atoms with Crippen LogP contribution in [-0.2, 0) is 14.3 Å². The van der Waals surface area contributed by atoms with Gasteiger partial charge in [0.05, 0.1) is 6.61 Å². The normalized spacial score (nSPS) is 37.9. The van der Waals surface area contributed by atoms with E-state index in [1.807, 2.05) is 0 Å². The highest BCUT2D eigenvalue weighted by molar-refractivity contribution is 6.03. The molecular weight excluding hydrogens is 196 g/mol. The van der Waals surface area contributed by atoms with Gasteiger partial charge in [-0.1, -0.05) is 12.8 Å². The minimum absolute atomic E-state index is 0.0304. The van der Waals surface area contributed by atoms with Gasteiger partial charge in [0.1, 0.15) is 0 Å². The first kappa shape index (κ1) is 10.5. The number of rotatable bonds is 3. The van der Waals surface area contributed by atoms with Crippen molar-refractivity contribution in [3.63, 3.8) is 0 Å². The zero-order valence-electron chi connectivity index (χ0n) is 8.86. The molecule has 0 unspecified atom stereocenters. The van der Waals surface area contributed by atoms with Crippen LogP contribution in [0.15, 0.2) is 0 Å². The van der Waals surface area contributed by atoms with Crippen LogP contribution in [0.2, 0.25) is 0 Å². The first-order valence-electron chi connectivity index (χ1n) is 5.56. The lowest BCUT2D eigenvalue weighted by molar-refractivity contribution is -0.162. The Morgan fingerprint density at radius 1 is 1.33 bits per heavy atom. The van der Waals surface area contributed by atoms with Gasteiger partial charge in [0.15, 0.2) is 5.41 Å². The molecule has 0 aromatic rings. The quantitative estimate of drug-likeness (QED) is 0.568. The second kappa shape index (κ2) is 3.51. The van der Waals surface area contributed by atoms with Gasteiger partial charge in [-0.2, -0.15) is 0 Å². The summed E-state index contributed by atoms with van der Waals surface area (Å²) in [5.41, 5.74) is -1.19. The summed E-state index contributed by atoms with van der Waals surface area (Å²) in [5.74, 6) is -1.45. The second-order valence-corrected chi connectivity index (χ2v) is 4.39. The van der Waals surface area contributed by atoms with Crippen molar-refractivity contribution in [2.24, 2.45) is 17.3 Å². The van der Waals surface area contributed by atoms with E-state index in [9.17, 15) is 14.7 Å². The van der Waals surface area contributed by atoms with Crippen molar-refractivity contribution in [3.05, 3.63) is 0 Å². The molecule has 84 valence electrons. The standard InChI is InChI=1S/C11H16O4/c1-2-15-10(14)11(9(12)13)7-5-3-4-6-8(7)11/h7-8H,2-6H2,1H3,(H,12,13)/t7-,8-/m1/s1. The van der Waals surface area contributed by atoms with Gasteiger partial charge in [0.2, 0.25) is 0 Å². The van der Waals surface area contributed by atoms with E-state index in [-0.39, 0.29) is 18.4 Å². The highest BCUT2D eigenvalue weighted by Gasteiger charge is 2.75. The van der Waals surface area contributed by atoms with E-state index in [1.165, 1.54) is 0 Å². The fraction of sp³-hybridized carbons (Fsp3) is 0.818. The van der Waals surface area contributed by atoms with Crippen molar-refractivity contribution < 1.29 is 19.4 Å². The minimum Gasteiger partial charge on any atom is -0.480 e. The Balaban J connectivity index is 2.20. The Labute approximate surface area is 88.6 Å². The van der Waals surface area contributed by atoms with Gasteiger partial charge in [-0.15, -0.1) is 0 Å². The zero-order valence-corrected chi connectivity index (χ0v) is 8.86. The smallest absolute Gasteiger partial charge is 0.324 e. The molecule has 0 spiro atoms. The first-order chi connectivity index (χ1) is 7.15. The van der Waals surface area contributed by atoms with Crippen LogP contribution in [0.3, 0.4) is 0 Å². The summed E-state index contributed by atoms with van der Waals surface area (Å²) < 4.78 is 4.90. The van der Waals surface area contributed by atoms with Crippen LogP contribution in [0.1, 0.15) is 32.6 Å². The lowest BCUT2D eigenvalue weighted by Crippen LogP contribution is -2.31. The van der Waals surface area contributed by atoms with Gasteiger partial charge in [0, 0.05) is 0 Å². The van der Waals surface area contributed by atoms with Crippen LogP contribution < -0.4 is 0 Å². The maximum absolute atomic E-state index is 11.7. The molecule has 0 aromatic heterocycles. The first-order valence-corrected chi connectivity index (χ1v) is 5.56. The summed E-state index contributed by atoms with van der Waals surface area (Å²) in [7, 11) is 0. The van der Waals surface area contributed by atoms with Crippen LogP contribution in [0.5, 0.6) is 0 Å². The largest absolute Gasteiger partial charge is 0.480 e. The van der Waals surface area contributed by atoms with Crippen LogP contribution in [0.4, 0.5) is 0 Å². The summed E-state index contributed by atoms with van der Waals surface area (Å²) >= 11 is 0. The minimum atomic E-state index is -1.19.